The lowest BCUT2D eigenvalue weighted by molar-refractivity contribution is 0.0983. The van der Waals surface area contributed by atoms with Crippen LogP contribution in [0.25, 0.3) is 0 Å². The standard InChI is InChI=1S/C15H11BrCl2O/c16-11-4-1-3-10(9-11)7-8-14(19)15-12(17)5-2-6-13(15)18/h1-6,9H,7-8H2. The Morgan fingerprint density at radius 1 is 1.05 bits per heavy atom. The van der Waals surface area contributed by atoms with Crippen LogP contribution in [0.3, 0.4) is 0 Å². The monoisotopic (exact) mass is 356 g/mol. The highest BCUT2D eigenvalue weighted by Gasteiger charge is 2.14. The maximum absolute atomic E-state index is 12.2. The van der Waals surface area contributed by atoms with E-state index in [4.69, 9.17) is 23.2 Å². The minimum atomic E-state index is -0.0319. The first-order valence-electron chi connectivity index (χ1n) is 5.79. The van der Waals surface area contributed by atoms with Gasteiger partial charge in [-0.05, 0) is 36.2 Å². The highest BCUT2D eigenvalue weighted by Crippen LogP contribution is 2.26. The number of halogens is 3. The zero-order chi connectivity index (χ0) is 13.8. The minimum absolute atomic E-state index is 0.0319. The Labute approximate surface area is 130 Å². The molecule has 1 nitrogen and oxygen atoms in total. The molecule has 0 atom stereocenters. The molecule has 0 N–H and O–H groups in total. The summed E-state index contributed by atoms with van der Waals surface area (Å²) in [5, 5.41) is 0.818. The molecule has 0 fully saturated rings. The van der Waals surface area contributed by atoms with Gasteiger partial charge in [0.15, 0.2) is 5.78 Å². The predicted molar refractivity (Wildman–Crippen MR) is 83.3 cm³/mol. The molecule has 2 aromatic carbocycles. The lowest BCUT2D eigenvalue weighted by Gasteiger charge is -2.06. The summed E-state index contributed by atoms with van der Waals surface area (Å²) in [5.74, 6) is -0.0319. The van der Waals surface area contributed by atoms with Gasteiger partial charge in [-0.15, -0.1) is 0 Å². The molecule has 2 aromatic rings. The van der Waals surface area contributed by atoms with Crippen molar-refractivity contribution in [2.24, 2.45) is 0 Å². The van der Waals surface area contributed by atoms with Crippen LogP contribution in [-0.2, 0) is 6.42 Å². The van der Waals surface area contributed by atoms with Gasteiger partial charge in [0, 0.05) is 10.9 Å². The number of aryl methyl sites for hydroxylation is 1. The Morgan fingerprint density at radius 3 is 2.32 bits per heavy atom. The molecule has 0 aliphatic heterocycles. The Morgan fingerprint density at radius 2 is 1.68 bits per heavy atom. The number of Topliss-reactive ketones (excluding diaryl/α,β-unsaturated/α-hetero) is 1. The average molecular weight is 358 g/mol. The van der Waals surface area contributed by atoms with E-state index in [0.29, 0.717) is 28.5 Å². The molecule has 0 bridgehead atoms. The van der Waals surface area contributed by atoms with Crippen LogP contribution in [0.2, 0.25) is 10.0 Å². The first-order chi connectivity index (χ1) is 9.08. The lowest BCUT2D eigenvalue weighted by atomic mass is 10.0. The molecule has 0 saturated heterocycles. The molecule has 0 radical (unpaired) electrons. The number of hydrogen-bond donors (Lipinski definition) is 0. The van der Waals surface area contributed by atoms with Gasteiger partial charge < -0.3 is 0 Å². The van der Waals surface area contributed by atoms with E-state index in [1.54, 1.807) is 18.2 Å². The fourth-order valence-corrected chi connectivity index (χ4v) is 2.89. The second-order valence-electron chi connectivity index (χ2n) is 4.15. The first-order valence-corrected chi connectivity index (χ1v) is 7.34. The van der Waals surface area contributed by atoms with Crippen molar-refractivity contribution < 1.29 is 4.79 Å². The fraction of sp³-hybridized carbons (Fsp3) is 0.133. The highest BCUT2D eigenvalue weighted by atomic mass is 79.9. The quantitative estimate of drug-likeness (QED) is 0.653. The molecule has 0 unspecified atom stereocenters. The van der Waals surface area contributed by atoms with E-state index in [2.05, 4.69) is 15.9 Å². The van der Waals surface area contributed by atoms with E-state index < -0.39 is 0 Å². The summed E-state index contributed by atoms with van der Waals surface area (Å²) in [7, 11) is 0. The van der Waals surface area contributed by atoms with Crippen LogP contribution in [0.4, 0.5) is 0 Å². The van der Waals surface area contributed by atoms with Crippen LogP contribution in [0.5, 0.6) is 0 Å². The van der Waals surface area contributed by atoms with Crippen molar-refractivity contribution in [3.05, 3.63) is 68.1 Å². The van der Waals surface area contributed by atoms with Crippen molar-refractivity contribution in [1.29, 1.82) is 0 Å². The molecule has 2 rings (SSSR count). The second-order valence-corrected chi connectivity index (χ2v) is 5.88. The summed E-state index contributed by atoms with van der Waals surface area (Å²) in [6.45, 7) is 0. The normalized spacial score (nSPS) is 10.5. The van der Waals surface area contributed by atoms with E-state index >= 15 is 0 Å². The van der Waals surface area contributed by atoms with E-state index in [9.17, 15) is 4.79 Å². The number of hydrogen-bond acceptors (Lipinski definition) is 1. The summed E-state index contributed by atoms with van der Waals surface area (Å²) in [6.07, 6.45) is 1.06. The van der Waals surface area contributed by atoms with E-state index in [1.807, 2.05) is 24.3 Å². The molecular weight excluding hydrogens is 347 g/mol. The van der Waals surface area contributed by atoms with Gasteiger partial charge in [0.05, 0.1) is 15.6 Å². The summed E-state index contributed by atoms with van der Waals surface area (Å²) in [5.41, 5.74) is 1.52. The zero-order valence-corrected chi connectivity index (χ0v) is 13.1. The smallest absolute Gasteiger partial charge is 0.166 e. The van der Waals surface area contributed by atoms with Crippen LogP contribution >= 0.6 is 39.1 Å². The summed E-state index contributed by atoms with van der Waals surface area (Å²) in [4.78, 5) is 12.2. The largest absolute Gasteiger partial charge is 0.294 e. The van der Waals surface area contributed by atoms with Crippen molar-refractivity contribution in [3.8, 4) is 0 Å². The molecule has 0 aromatic heterocycles. The Bertz CT molecular complexity index is 591. The van der Waals surface area contributed by atoms with Crippen LogP contribution in [0.1, 0.15) is 22.3 Å². The van der Waals surface area contributed by atoms with Gasteiger partial charge >= 0.3 is 0 Å². The molecular formula is C15H11BrCl2O. The third-order valence-corrected chi connectivity index (χ3v) is 3.89. The maximum atomic E-state index is 12.2. The number of carbonyl (C=O) groups excluding carboxylic acids is 1. The molecule has 0 spiro atoms. The lowest BCUT2D eigenvalue weighted by Crippen LogP contribution is -2.03. The second kappa shape index (κ2) is 6.56. The van der Waals surface area contributed by atoms with Gasteiger partial charge in [-0.3, -0.25) is 4.79 Å². The highest BCUT2D eigenvalue weighted by molar-refractivity contribution is 9.10. The molecule has 0 aliphatic rings. The molecule has 0 heterocycles. The van der Waals surface area contributed by atoms with Crippen LogP contribution in [-0.4, -0.2) is 5.78 Å². The maximum Gasteiger partial charge on any atom is 0.166 e. The van der Waals surface area contributed by atoms with Gasteiger partial charge in [0.25, 0.3) is 0 Å². The number of rotatable bonds is 4. The van der Waals surface area contributed by atoms with Gasteiger partial charge in [-0.25, -0.2) is 0 Å². The van der Waals surface area contributed by atoms with Crippen molar-refractivity contribution in [3.63, 3.8) is 0 Å². The zero-order valence-electron chi connectivity index (χ0n) is 10.00. The molecule has 0 saturated carbocycles. The SMILES string of the molecule is O=C(CCc1cccc(Br)c1)c1c(Cl)cccc1Cl. The van der Waals surface area contributed by atoms with Gasteiger partial charge in [0.1, 0.15) is 0 Å². The molecule has 98 valence electrons. The first kappa shape index (κ1) is 14.6. The van der Waals surface area contributed by atoms with E-state index in [0.717, 1.165) is 10.0 Å². The summed E-state index contributed by atoms with van der Waals surface area (Å²) >= 11 is 15.4. The van der Waals surface area contributed by atoms with Crippen LogP contribution < -0.4 is 0 Å². The summed E-state index contributed by atoms with van der Waals surface area (Å²) < 4.78 is 1.01. The van der Waals surface area contributed by atoms with Crippen molar-refractivity contribution >= 4 is 44.9 Å². The molecule has 4 heteroatoms. The van der Waals surface area contributed by atoms with Gasteiger partial charge in [-0.1, -0.05) is 57.3 Å². The fourth-order valence-electron chi connectivity index (χ4n) is 1.84. The van der Waals surface area contributed by atoms with Gasteiger partial charge in [0.2, 0.25) is 0 Å². The topological polar surface area (TPSA) is 17.1 Å². The Hall–Kier alpha value is -0.830. The Kier molecular flexibility index (Phi) is 5.03. The summed E-state index contributed by atoms with van der Waals surface area (Å²) in [6, 6.07) is 13.0. The molecule has 19 heavy (non-hydrogen) atoms. The van der Waals surface area contributed by atoms with Crippen LogP contribution in [0, 0.1) is 0 Å². The molecule has 0 aliphatic carbocycles. The third-order valence-electron chi connectivity index (χ3n) is 2.77. The number of benzene rings is 2. The van der Waals surface area contributed by atoms with Crippen molar-refractivity contribution in [2.45, 2.75) is 12.8 Å². The Balaban J connectivity index is 2.10. The van der Waals surface area contributed by atoms with E-state index in [-0.39, 0.29) is 5.78 Å². The number of carbonyl (C=O) groups is 1. The number of ketones is 1. The third kappa shape index (κ3) is 3.82. The van der Waals surface area contributed by atoms with Gasteiger partial charge in [-0.2, -0.15) is 0 Å². The molecule has 0 amide bonds. The minimum Gasteiger partial charge on any atom is -0.294 e. The van der Waals surface area contributed by atoms with E-state index in [1.165, 1.54) is 0 Å². The van der Waals surface area contributed by atoms with Crippen molar-refractivity contribution in [2.75, 3.05) is 0 Å². The average Bonchev–Trinajstić information content (AvgIpc) is 2.36. The van der Waals surface area contributed by atoms with Crippen molar-refractivity contribution in [1.82, 2.24) is 0 Å². The predicted octanol–water partition coefficient (Wildman–Crippen LogP) is 5.57. The van der Waals surface area contributed by atoms with Crippen LogP contribution in [0.15, 0.2) is 46.9 Å².